The number of hydrogen-bond acceptors (Lipinski definition) is 5. The Morgan fingerprint density at radius 1 is 0.800 bits per heavy atom. The number of anilines is 3. The molecular formula is C23H25F6N3O3. The molecule has 0 saturated heterocycles. The fourth-order valence-corrected chi connectivity index (χ4v) is 3.87. The normalized spacial score (nSPS) is 19.5. The summed E-state index contributed by atoms with van der Waals surface area (Å²) in [7, 11) is 0. The zero-order valence-electron chi connectivity index (χ0n) is 19.2. The van der Waals surface area contributed by atoms with Gasteiger partial charge in [-0.25, -0.2) is 0 Å². The lowest BCUT2D eigenvalue weighted by Gasteiger charge is -2.35. The van der Waals surface area contributed by atoms with Crippen molar-refractivity contribution in [1.29, 1.82) is 0 Å². The smallest absolute Gasteiger partial charge is 0.375 e. The Morgan fingerprint density at radius 2 is 1.29 bits per heavy atom. The van der Waals surface area contributed by atoms with E-state index in [0.717, 1.165) is 12.8 Å². The maximum atomic E-state index is 13.1. The molecule has 0 unspecified atom stereocenters. The number of rotatable bonds is 5. The Labute approximate surface area is 196 Å². The van der Waals surface area contributed by atoms with Crippen molar-refractivity contribution in [3.05, 3.63) is 49.8 Å². The number of hydrogen-bond donors (Lipinski definition) is 3. The van der Waals surface area contributed by atoms with Crippen molar-refractivity contribution in [2.24, 2.45) is 5.41 Å². The topological polar surface area (TPSA) is 87.3 Å². The predicted molar refractivity (Wildman–Crippen MR) is 118 cm³/mol. The summed E-state index contributed by atoms with van der Waals surface area (Å²) in [5, 5.41) is 8.06. The van der Waals surface area contributed by atoms with Gasteiger partial charge in [0.1, 0.15) is 11.4 Å². The van der Waals surface area contributed by atoms with Crippen LogP contribution in [-0.4, -0.2) is 18.0 Å². The lowest BCUT2D eigenvalue weighted by Crippen LogP contribution is -2.52. The van der Waals surface area contributed by atoms with Crippen LogP contribution in [0.25, 0.3) is 0 Å². The van der Waals surface area contributed by atoms with Gasteiger partial charge in [-0.1, -0.05) is 33.6 Å². The summed E-state index contributed by atoms with van der Waals surface area (Å²) in [6.07, 6.45) is -7.41. The Kier molecular flexibility index (Phi) is 6.98. The standard InChI is InChI=1S/C23H25F6N3O3/c1-21(2,3)20(35)32-15-7-5-4-6-14(15)31-17-16(18(33)19(17)34)30-13-9-11(22(24,25)26)8-12(10-13)23(27,28)29/h8-10,14-15,30-31H,4-7H2,1-3H3,(H,32,35)/t14-,15-/m1/s1. The van der Waals surface area contributed by atoms with Gasteiger partial charge in [-0.15, -0.1) is 0 Å². The van der Waals surface area contributed by atoms with E-state index in [1.807, 2.05) is 0 Å². The summed E-state index contributed by atoms with van der Waals surface area (Å²) in [6, 6.07) is 0.00673. The Balaban J connectivity index is 1.89. The average molecular weight is 505 g/mol. The van der Waals surface area contributed by atoms with Crippen LogP contribution in [0.15, 0.2) is 27.8 Å². The van der Waals surface area contributed by atoms with Gasteiger partial charge in [-0.05, 0) is 31.0 Å². The molecule has 192 valence electrons. The highest BCUT2D eigenvalue weighted by Gasteiger charge is 2.38. The number of benzene rings is 1. The molecule has 1 amide bonds. The summed E-state index contributed by atoms with van der Waals surface area (Å²) in [4.78, 5) is 36.8. The first kappa shape index (κ1) is 26.6. The van der Waals surface area contributed by atoms with Gasteiger partial charge >= 0.3 is 12.4 Å². The number of carbonyl (C=O) groups is 1. The van der Waals surface area contributed by atoms with Crippen molar-refractivity contribution < 1.29 is 31.1 Å². The minimum Gasteiger partial charge on any atom is -0.375 e. The first-order valence-electron chi connectivity index (χ1n) is 11.0. The van der Waals surface area contributed by atoms with Crippen molar-refractivity contribution >= 4 is 23.0 Å². The summed E-state index contributed by atoms with van der Waals surface area (Å²) >= 11 is 0. The Morgan fingerprint density at radius 3 is 1.77 bits per heavy atom. The minimum absolute atomic E-state index is 0.0308. The second kappa shape index (κ2) is 9.19. The van der Waals surface area contributed by atoms with Crippen LogP contribution in [0.5, 0.6) is 0 Å². The molecule has 2 atom stereocenters. The van der Waals surface area contributed by atoms with E-state index in [2.05, 4.69) is 16.0 Å². The van der Waals surface area contributed by atoms with E-state index in [-0.39, 0.29) is 23.7 Å². The monoisotopic (exact) mass is 505 g/mol. The SMILES string of the molecule is CC(C)(C)C(=O)N[C@@H]1CCCC[C@H]1Nc1c(Nc2cc(C(F)(F)F)cc(C(F)(F)F)c2)c(=O)c1=O. The second-order valence-electron chi connectivity index (χ2n) is 9.69. The lowest BCUT2D eigenvalue weighted by molar-refractivity contribution is -0.143. The number of alkyl halides is 6. The zero-order chi connectivity index (χ0) is 26.3. The van der Waals surface area contributed by atoms with Gasteiger partial charge < -0.3 is 16.0 Å². The van der Waals surface area contributed by atoms with E-state index in [4.69, 9.17) is 0 Å². The van der Waals surface area contributed by atoms with E-state index in [9.17, 15) is 40.7 Å². The molecule has 2 aromatic carbocycles. The van der Waals surface area contributed by atoms with Gasteiger partial charge in [0.05, 0.1) is 11.1 Å². The third-order valence-corrected chi connectivity index (χ3v) is 5.86. The Hall–Kier alpha value is -3.05. The van der Waals surface area contributed by atoms with E-state index in [0.29, 0.717) is 25.0 Å². The fraction of sp³-hybridized carbons (Fsp3) is 0.522. The molecule has 35 heavy (non-hydrogen) atoms. The summed E-state index contributed by atoms with van der Waals surface area (Å²) in [5.41, 5.74) is -7.08. The molecule has 1 aliphatic carbocycles. The third-order valence-electron chi connectivity index (χ3n) is 5.86. The molecule has 0 radical (unpaired) electrons. The van der Waals surface area contributed by atoms with E-state index in [1.54, 1.807) is 20.8 Å². The molecule has 0 bridgehead atoms. The maximum absolute atomic E-state index is 13.1. The molecule has 0 heterocycles. The lowest BCUT2D eigenvalue weighted by atomic mass is 9.88. The summed E-state index contributed by atoms with van der Waals surface area (Å²) in [5.74, 6) is -0.219. The van der Waals surface area contributed by atoms with Crippen LogP contribution < -0.4 is 26.8 Å². The predicted octanol–water partition coefficient (Wildman–Crippen LogP) is 4.95. The molecule has 0 aliphatic heterocycles. The fourth-order valence-electron chi connectivity index (χ4n) is 3.87. The van der Waals surface area contributed by atoms with Crippen molar-refractivity contribution in [2.75, 3.05) is 10.6 Å². The largest absolute Gasteiger partial charge is 0.416 e. The maximum Gasteiger partial charge on any atom is 0.416 e. The third kappa shape index (κ3) is 5.96. The van der Waals surface area contributed by atoms with Crippen LogP contribution in [0.4, 0.5) is 43.4 Å². The van der Waals surface area contributed by atoms with Crippen molar-refractivity contribution in [2.45, 2.75) is 70.9 Å². The van der Waals surface area contributed by atoms with Gasteiger partial charge in [0.25, 0.3) is 10.9 Å². The van der Waals surface area contributed by atoms with Crippen LogP contribution >= 0.6 is 0 Å². The number of halogens is 6. The molecule has 3 N–H and O–H groups in total. The van der Waals surface area contributed by atoms with E-state index < -0.39 is 57.2 Å². The van der Waals surface area contributed by atoms with Crippen LogP contribution in [-0.2, 0) is 17.1 Å². The summed E-state index contributed by atoms with van der Waals surface area (Å²) < 4.78 is 78.9. The van der Waals surface area contributed by atoms with Gasteiger partial charge in [0.2, 0.25) is 5.91 Å². The first-order chi connectivity index (χ1) is 16.0. The van der Waals surface area contributed by atoms with Crippen LogP contribution in [0.2, 0.25) is 0 Å². The Bertz CT molecular complexity index is 1140. The number of carbonyl (C=O) groups excluding carboxylic acids is 1. The molecule has 1 fully saturated rings. The van der Waals surface area contributed by atoms with E-state index in [1.165, 1.54) is 0 Å². The molecule has 0 aromatic heterocycles. The molecule has 1 aliphatic rings. The van der Waals surface area contributed by atoms with Crippen LogP contribution in [0.1, 0.15) is 57.6 Å². The van der Waals surface area contributed by atoms with Gasteiger partial charge in [-0.3, -0.25) is 14.4 Å². The van der Waals surface area contributed by atoms with E-state index >= 15 is 0 Å². The van der Waals surface area contributed by atoms with Gasteiger partial charge in [-0.2, -0.15) is 26.3 Å². The average Bonchev–Trinajstić information content (AvgIpc) is 2.74. The van der Waals surface area contributed by atoms with Crippen molar-refractivity contribution in [1.82, 2.24) is 5.32 Å². The van der Waals surface area contributed by atoms with Gasteiger partial charge in [0, 0.05) is 23.2 Å². The minimum atomic E-state index is -5.06. The molecule has 1 saturated carbocycles. The van der Waals surface area contributed by atoms with Crippen LogP contribution in [0, 0.1) is 5.41 Å². The molecule has 2 aromatic rings. The molecular weight excluding hydrogens is 480 g/mol. The number of nitrogens with one attached hydrogen (secondary N) is 3. The van der Waals surface area contributed by atoms with Gasteiger partial charge in [0.15, 0.2) is 0 Å². The zero-order valence-corrected chi connectivity index (χ0v) is 19.2. The molecule has 3 rings (SSSR count). The quantitative estimate of drug-likeness (QED) is 0.396. The summed E-state index contributed by atoms with van der Waals surface area (Å²) in [6.45, 7) is 5.20. The van der Waals surface area contributed by atoms with Crippen molar-refractivity contribution in [3.8, 4) is 0 Å². The van der Waals surface area contributed by atoms with Crippen molar-refractivity contribution in [3.63, 3.8) is 0 Å². The second-order valence-corrected chi connectivity index (χ2v) is 9.69. The highest BCUT2D eigenvalue weighted by atomic mass is 19.4. The molecule has 12 heteroatoms. The first-order valence-corrected chi connectivity index (χ1v) is 11.0. The number of amides is 1. The van der Waals surface area contributed by atoms with Crippen LogP contribution in [0.3, 0.4) is 0 Å². The highest BCUT2D eigenvalue weighted by Crippen LogP contribution is 2.38. The molecule has 6 nitrogen and oxygen atoms in total. The highest BCUT2D eigenvalue weighted by molar-refractivity contribution is 5.82. The molecule has 0 spiro atoms.